The van der Waals surface area contributed by atoms with Crippen molar-refractivity contribution in [1.82, 2.24) is 0 Å². The molecule has 1 aliphatic heterocycles. The van der Waals surface area contributed by atoms with Gasteiger partial charge in [0.25, 0.3) is 5.91 Å². The van der Waals surface area contributed by atoms with E-state index >= 15 is 0 Å². The Morgan fingerprint density at radius 3 is 2.68 bits per heavy atom. The van der Waals surface area contributed by atoms with Gasteiger partial charge in [0.15, 0.2) is 6.61 Å². The van der Waals surface area contributed by atoms with Crippen molar-refractivity contribution in [2.75, 3.05) is 11.5 Å². The first kappa shape index (κ1) is 13.8. The van der Waals surface area contributed by atoms with Crippen LogP contribution in [0.5, 0.6) is 5.75 Å². The number of hydrogen-bond acceptors (Lipinski definition) is 4. The summed E-state index contributed by atoms with van der Waals surface area (Å²) < 4.78 is 5.39. The number of carbonyl (C=O) groups excluding carboxylic acids is 2. The molecule has 22 heavy (non-hydrogen) atoms. The molecule has 3 rings (SSSR count). The summed E-state index contributed by atoms with van der Waals surface area (Å²) in [6.07, 6.45) is 0.741. The Morgan fingerprint density at radius 2 is 2.00 bits per heavy atom. The molecule has 5 nitrogen and oxygen atoms in total. The topological polar surface area (TPSA) is 70.4 Å². The number of rotatable bonds is 3. The highest BCUT2D eigenvalue weighted by atomic mass is 16.5. The smallest absolute Gasteiger partial charge is 0.265 e. The number of anilines is 1. The maximum atomic E-state index is 12.1. The van der Waals surface area contributed by atoms with E-state index in [0.29, 0.717) is 29.1 Å². The number of fused-ring (bicyclic) bond motifs is 1. The molecular weight excluding hydrogens is 280 g/mol. The fourth-order valence-electron chi connectivity index (χ4n) is 2.33. The van der Waals surface area contributed by atoms with Crippen LogP contribution in [0.1, 0.15) is 21.5 Å². The lowest BCUT2D eigenvalue weighted by Crippen LogP contribution is -2.38. The van der Waals surface area contributed by atoms with Crippen molar-refractivity contribution in [2.24, 2.45) is 0 Å². The summed E-state index contributed by atoms with van der Waals surface area (Å²) in [5.74, 6) is 0.383. The summed E-state index contributed by atoms with van der Waals surface area (Å²) in [6, 6.07) is 14.1. The van der Waals surface area contributed by atoms with E-state index in [9.17, 15) is 9.59 Å². The average molecular weight is 292 g/mol. The van der Waals surface area contributed by atoms with E-state index in [1.54, 1.807) is 35.2 Å². The molecule has 0 unspecified atom stereocenters. The van der Waals surface area contributed by atoms with E-state index in [-0.39, 0.29) is 12.5 Å². The maximum absolute atomic E-state index is 12.1. The third-order valence-electron chi connectivity index (χ3n) is 3.49. The van der Waals surface area contributed by atoms with Gasteiger partial charge in [-0.1, -0.05) is 12.1 Å². The van der Waals surface area contributed by atoms with Crippen molar-refractivity contribution in [3.8, 4) is 11.8 Å². The van der Waals surface area contributed by atoms with Crippen molar-refractivity contribution in [3.05, 3.63) is 59.2 Å². The van der Waals surface area contributed by atoms with Gasteiger partial charge in [-0.25, -0.2) is 0 Å². The number of amides is 1. The summed E-state index contributed by atoms with van der Waals surface area (Å²) in [4.78, 5) is 24.6. The van der Waals surface area contributed by atoms with E-state index < -0.39 is 0 Å². The lowest BCUT2D eigenvalue weighted by Gasteiger charge is -2.29. The fourth-order valence-corrected chi connectivity index (χ4v) is 2.33. The average Bonchev–Trinajstić information content (AvgIpc) is 2.57. The molecule has 0 saturated heterocycles. The first-order valence-electron chi connectivity index (χ1n) is 6.72. The summed E-state index contributed by atoms with van der Waals surface area (Å²) in [7, 11) is 0. The number of hydrogen-bond donors (Lipinski definition) is 0. The second-order valence-electron chi connectivity index (χ2n) is 4.92. The summed E-state index contributed by atoms with van der Waals surface area (Å²) in [6.45, 7) is 0.340. The van der Waals surface area contributed by atoms with E-state index in [1.807, 2.05) is 12.1 Å². The maximum Gasteiger partial charge on any atom is 0.265 e. The first-order valence-corrected chi connectivity index (χ1v) is 6.72. The Labute approximate surface area is 127 Å². The van der Waals surface area contributed by atoms with Gasteiger partial charge in [-0.3, -0.25) is 9.59 Å². The van der Waals surface area contributed by atoms with Gasteiger partial charge in [0.05, 0.1) is 23.9 Å². The van der Waals surface area contributed by atoms with Gasteiger partial charge in [0.2, 0.25) is 0 Å². The Balaban J connectivity index is 1.91. The molecule has 1 heterocycles. The van der Waals surface area contributed by atoms with Crippen LogP contribution < -0.4 is 9.64 Å². The number of aldehydes is 1. The molecule has 108 valence electrons. The molecule has 0 radical (unpaired) electrons. The molecule has 2 aromatic rings. The van der Waals surface area contributed by atoms with Gasteiger partial charge in [-0.15, -0.1) is 0 Å². The number of carbonyl (C=O) groups is 2. The first-order chi connectivity index (χ1) is 10.7. The van der Waals surface area contributed by atoms with Gasteiger partial charge < -0.3 is 9.64 Å². The molecule has 0 bridgehead atoms. The molecule has 0 fully saturated rings. The fraction of sp³-hybridized carbons (Fsp3) is 0.118. The highest BCUT2D eigenvalue weighted by molar-refractivity contribution is 5.98. The standard InChI is InChI=1S/C17H12N2O3/c18-8-12-1-3-13(4-2-12)9-19-15-6-5-14(10-20)7-16(15)22-11-17(19)21/h1-7,10H,9,11H2. The molecule has 0 N–H and O–H groups in total. The Kier molecular flexibility index (Phi) is 3.58. The van der Waals surface area contributed by atoms with Crippen LogP contribution in [0.2, 0.25) is 0 Å². The molecule has 1 amide bonds. The lowest BCUT2D eigenvalue weighted by atomic mass is 10.1. The minimum Gasteiger partial charge on any atom is -0.482 e. The number of ether oxygens (including phenoxy) is 1. The second-order valence-corrected chi connectivity index (χ2v) is 4.92. The minimum absolute atomic E-state index is 0.0500. The Hall–Kier alpha value is -3.13. The zero-order valence-electron chi connectivity index (χ0n) is 11.7. The predicted octanol–water partition coefficient (Wildman–Crippen LogP) is 2.30. The van der Waals surface area contributed by atoms with E-state index in [4.69, 9.17) is 10.00 Å². The van der Waals surface area contributed by atoms with Crippen LogP contribution in [0.25, 0.3) is 0 Å². The molecule has 2 aromatic carbocycles. The zero-order chi connectivity index (χ0) is 15.5. The molecule has 1 aliphatic rings. The number of nitriles is 1. The Morgan fingerprint density at radius 1 is 1.23 bits per heavy atom. The predicted molar refractivity (Wildman–Crippen MR) is 79.7 cm³/mol. The quantitative estimate of drug-likeness (QED) is 0.814. The third-order valence-corrected chi connectivity index (χ3v) is 3.49. The van der Waals surface area contributed by atoms with Gasteiger partial charge in [0.1, 0.15) is 12.0 Å². The third kappa shape index (κ3) is 2.54. The summed E-state index contributed by atoms with van der Waals surface area (Å²) >= 11 is 0. The van der Waals surface area contributed by atoms with E-state index in [0.717, 1.165) is 11.8 Å². The lowest BCUT2D eigenvalue weighted by molar-refractivity contribution is -0.121. The van der Waals surface area contributed by atoms with E-state index in [2.05, 4.69) is 6.07 Å². The molecular formula is C17H12N2O3. The zero-order valence-corrected chi connectivity index (χ0v) is 11.7. The van der Waals surface area contributed by atoms with Gasteiger partial charge >= 0.3 is 0 Å². The molecule has 5 heteroatoms. The second kappa shape index (κ2) is 5.70. The highest BCUT2D eigenvalue weighted by Crippen LogP contribution is 2.33. The molecule has 0 atom stereocenters. The summed E-state index contributed by atoms with van der Waals surface area (Å²) in [5, 5.41) is 8.81. The molecule has 0 spiro atoms. The van der Waals surface area contributed by atoms with Crippen molar-refractivity contribution >= 4 is 17.9 Å². The van der Waals surface area contributed by atoms with Crippen LogP contribution in [0.4, 0.5) is 5.69 Å². The minimum atomic E-state index is -0.143. The van der Waals surface area contributed by atoms with Crippen LogP contribution in [0.3, 0.4) is 0 Å². The van der Waals surface area contributed by atoms with Crippen molar-refractivity contribution in [1.29, 1.82) is 5.26 Å². The van der Waals surface area contributed by atoms with Gasteiger partial charge in [0, 0.05) is 5.56 Å². The summed E-state index contributed by atoms with van der Waals surface area (Å²) in [5.41, 5.74) is 2.64. The SMILES string of the molecule is N#Cc1ccc(CN2C(=O)COc3cc(C=O)ccc32)cc1. The van der Waals surface area contributed by atoms with E-state index in [1.165, 1.54) is 0 Å². The van der Waals surface area contributed by atoms with Crippen LogP contribution in [0, 0.1) is 11.3 Å². The van der Waals surface area contributed by atoms with Crippen molar-refractivity contribution in [3.63, 3.8) is 0 Å². The number of benzene rings is 2. The largest absolute Gasteiger partial charge is 0.482 e. The van der Waals surface area contributed by atoms with Crippen molar-refractivity contribution < 1.29 is 14.3 Å². The highest BCUT2D eigenvalue weighted by Gasteiger charge is 2.25. The normalized spacial score (nSPS) is 13.0. The molecule has 0 saturated carbocycles. The van der Waals surface area contributed by atoms with Gasteiger partial charge in [-0.05, 0) is 35.9 Å². The van der Waals surface area contributed by atoms with Crippen LogP contribution >= 0.6 is 0 Å². The van der Waals surface area contributed by atoms with Crippen molar-refractivity contribution in [2.45, 2.75) is 6.54 Å². The number of nitrogens with zero attached hydrogens (tertiary/aromatic N) is 2. The monoisotopic (exact) mass is 292 g/mol. The molecule has 0 aromatic heterocycles. The molecule has 0 aliphatic carbocycles. The Bertz CT molecular complexity index is 775. The van der Waals surface area contributed by atoms with Crippen LogP contribution in [-0.4, -0.2) is 18.8 Å². The van der Waals surface area contributed by atoms with Gasteiger partial charge in [-0.2, -0.15) is 5.26 Å². The van der Waals surface area contributed by atoms with Crippen LogP contribution in [-0.2, 0) is 11.3 Å². The van der Waals surface area contributed by atoms with Crippen LogP contribution in [0.15, 0.2) is 42.5 Å².